The fraction of sp³-hybridized carbons (Fsp3) is 0.800. The average Bonchev–Trinajstić information content (AvgIpc) is 2.60. The van der Waals surface area contributed by atoms with Gasteiger partial charge in [0.2, 0.25) is 0 Å². The molecule has 0 aromatic rings. The summed E-state index contributed by atoms with van der Waals surface area (Å²) in [5.74, 6) is -1.44. The summed E-state index contributed by atoms with van der Waals surface area (Å²) in [4.78, 5) is 22.0. The summed E-state index contributed by atoms with van der Waals surface area (Å²) in [7, 11) is 0. The molecule has 0 bridgehead atoms. The van der Waals surface area contributed by atoms with Gasteiger partial charge in [0.1, 0.15) is 5.88 Å². The Kier molecular flexibility index (Phi) is 17.3. The van der Waals surface area contributed by atoms with Crippen LogP contribution in [0.3, 0.4) is 0 Å². The van der Waals surface area contributed by atoms with Gasteiger partial charge in [0.25, 0.3) is 0 Å². The number of ether oxygens (including phenoxy) is 1. The minimum absolute atomic E-state index is 0.196. The molecule has 0 heterocycles. The van der Waals surface area contributed by atoms with E-state index in [-0.39, 0.29) is 18.4 Å². The second-order valence-electron chi connectivity index (χ2n) is 6.50. The van der Waals surface area contributed by atoms with E-state index in [0.29, 0.717) is 0 Å². The number of rotatable bonds is 16. The van der Waals surface area contributed by atoms with Crippen molar-refractivity contribution in [3.8, 4) is 0 Å². The summed E-state index contributed by atoms with van der Waals surface area (Å²) in [6.07, 6.45) is 16.9. The van der Waals surface area contributed by atoms with Crippen molar-refractivity contribution < 1.29 is 19.4 Å². The molecule has 1 atom stereocenters. The predicted octanol–water partition coefficient (Wildman–Crippen LogP) is 5.30. The van der Waals surface area contributed by atoms with Gasteiger partial charge in [-0.05, 0) is 32.1 Å². The lowest BCUT2D eigenvalue weighted by atomic mass is 10.1. The number of alkyl halides is 1. The van der Waals surface area contributed by atoms with Crippen molar-refractivity contribution in [1.29, 1.82) is 0 Å². The van der Waals surface area contributed by atoms with Gasteiger partial charge in [-0.15, -0.1) is 11.6 Å². The van der Waals surface area contributed by atoms with Gasteiger partial charge in [-0.1, -0.05) is 64.0 Å². The Labute approximate surface area is 158 Å². The molecule has 4 nitrogen and oxygen atoms in total. The van der Waals surface area contributed by atoms with Crippen LogP contribution in [0, 0.1) is 0 Å². The van der Waals surface area contributed by atoms with Crippen molar-refractivity contribution in [1.82, 2.24) is 0 Å². The zero-order valence-corrected chi connectivity index (χ0v) is 16.4. The Morgan fingerprint density at radius 1 is 0.960 bits per heavy atom. The van der Waals surface area contributed by atoms with Crippen molar-refractivity contribution in [2.24, 2.45) is 0 Å². The lowest BCUT2D eigenvalue weighted by molar-refractivity contribution is -0.157. The molecule has 0 unspecified atom stereocenters. The second-order valence-corrected chi connectivity index (χ2v) is 6.76. The minimum Gasteiger partial charge on any atom is -0.393 e. The molecule has 0 radical (unpaired) electrons. The van der Waals surface area contributed by atoms with Crippen LogP contribution >= 0.6 is 11.6 Å². The summed E-state index contributed by atoms with van der Waals surface area (Å²) < 4.78 is 4.49. The van der Waals surface area contributed by atoms with E-state index in [1.54, 1.807) is 0 Å². The third-order valence-electron chi connectivity index (χ3n) is 4.05. The van der Waals surface area contributed by atoms with E-state index >= 15 is 0 Å². The van der Waals surface area contributed by atoms with Crippen LogP contribution in [0.5, 0.6) is 0 Å². The molecule has 5 heteroatoms. The van der Waals surface area contributed by atoms with Crippen molar-refractivity contribution in [2.75, 3.05) is 5.88 Å². The zero-order chi connectivity index (χ0) is 18.8. The maximum Gasteiger partial charge on any atom is 0.328 e. The first-order chi connectivity index (χ1) is 12.1. The highest BCUT2D eigenvalue weighted by atomic mass is 35.5. The van der Waals surface area contributed by atoms with Crippen LogP contribution in [0.4, 0.5) is 0 Å². The Morgan fingerprint density at radius 2 is 1.64 bits per heavy atom. The molecule has 146 valence electrons. The first kappa shape index (κ1) is 24.1. The summed E-state index contributed by atoms with van der Waals surface area (Å²) in [5, 5.41) is 9.85. The largest absolute Gasteiger partial charge is 0.393 e. The number of aliphatic hydroxyl groups is 1. The fourth-order valence-electron chi connectivity index (χ4n) is 2.56. The summed E-state index contributed by atoms with van der Waals surface area (Å²) in [6, 6.07) is 0. The molecule has 0 saturated carbocycles. The highest BCUT2D eigenvalue weighted by Crippen LogP contribution is 2.10. The average molecular weight is 375 g/mol. The number of unbranched alkanes of at least 4 members (excludes halogenated alkanes) is 8. The van der Waals surface area contributed by atoms with Crippen molar-refractivity contribution in [2.45, 2.75) is 96.5 Å². The first-order valence-corrected chi connectivity index (χ1v) is 10.3. The second kappa shape index (κ2) is 17.9. The van der Waals surface area contributed by atoms with Gasteiger partial charge in [-0.3, -0.25) is 9.59 Å². The Hall–Kier alpha value is -0.870. The van der Waals surface area contributed by atoms with Crippen molar-refractivity contribution >= 4 is 23.5 Å². The highest BCUT2D eigenvalue weighted by molar-refractivity contribution is 6.27. The van der Waals surface area contributed by atoms with Crippen LogP contribution in [0.1, 0.15) is 90.4 Å². The molecule has 0 rings (SSSR count). The third-order valence-corrected chi connectivity index (χ3v) is 4.27. The molecule has 0 aromatic carbocycles. The lowest BCUT2D eigenvalue weighted by Gasteiger charge is -2.07. The van der Waals surface area contributed by atoms with Crippen LogP contribution < -0.4 is 0 Å². The molecular weight excluding hydrogens is 340 g/mol. The SMILES string of the molecule is CCCCCC[C@@H](O)C/C=C\CCCCCCCC(=O)OC(=O)CCl. The van der Waals surface area contributed by atoms with E-state index in [0.717, 1.165) is 57.8 Å². The Balaban J connectivity index is 3.37. The van der Waals surface area contributed by atoms with Gasteiger partial charge in [0.05, 0.1) is 6.10 Å². The van der Waals surface area contributed by atoms with E-state index in [1.807, 2.05) is 0 Å². The van der Waals surface area contributed by atoms with Gasteiger partial charge in [0.15, 0.2) is 0 Å². The monoisotopic (exact) mass is 374 g/mol. The van der Waals surface area contributed by atoms with E-state index < -0.39 is 11.9 Å². The number of allylic oxidation sites excluding steroid dienone is 1. The molecule has 0 aliphatic heterocycles. The quantitative estimate of drug-likeness (QED) is 0.131. The molecule has 0 saturated heterocycles. The van der Waals surface area contributed by atoms with Gasteiger partial charge in [-0.2, -0.15) is 0 Å². The van der Waals surface area contributed by atoms with Gasteiger partial charge >= 0.3 is 11.9 Å². The van der Waals surface area contributed by atoms with E-state index in [4.69, 9.17) is 11.6 Å². The zero-order valence-electron chi connectivity index (χ0n) is 15.7. The molecule has 0 amide bonds. The number of hydrogen-bond donors (Lipinski definition) is 1. The Bertz CT molecular complexity index is 369. The van der Waals surface area contributed by atoms with Crippen molar-refractivity contribution in [3.05, 3.63) is 12.2 Å². The molecule has 0 aliphatic carbocycles. The van der Waals surface area contributed by atoms with Crippen LogP contribution in [0.15, 0.2) is 12.2 Å². The maximum absolute atomic E-state index is 11.2. The van der Waals surface area contributed by atoms with Crippen LogP contribution in [-0.4, -0.2) is 29.0 Å². The normalized spacial score (nSPS) is 12.4. The van der Waals surface area contributed by atoms with Crippen LogP contribution in [0.2, 0.25) is 0 Å². The minimum atomic E-state index is -0.676. The Morgan fingerprint density at radius 3 is 2.36 bits per heavy atom. The molecule has 0 spiro atoms. The number of carbonyl (C=O) groups excluding carboxylic acids is 2. The van der Waals surface area contributed by atoms with Gasteiger partial charge in [-0.25, -0.2) is 0 Å². The molecule has 25 heavy (non-hydrogen) atoms. The fourth-order valence-corrected chi connectivity index (χ4v) is 2.62. The van der Waals surface area contributed by atoms with E-state index in [9.17, 15) is 14.7 Å². The molecule has 0 fully saturated rings. The van der Waals surface area contributed by atoms with E-state index in [2.05, 4.69) is 23.8 Å². The molecule has 0 aliphatic rings. The number of carbonyl (C=O) groups is 2. The predicted molar refractivity (Wildman–Crippen MR) is 103 cm³/mol. The molecule has 0 aromatic heterocycles. The number of esters is 2. The summed E-state index contributed by atoms with van der Waals surface area (Å²) in [5.41, 5.74) is 0. The highest BCUT2D eigenvalue weighted by Gasteiger charge is 2.08. The maximum atomic E-state index is 11.2. The summed E-state index contributed by atoms with van der Waals surface area (Å²) >= 11 is 5.26. The van der Waals surface area contributed by atoms with E-state index in [1.165, 1.54) is 19.3 Å². The van der Waals surface area contributed by atoms with Gasteiger partial charge in [0, 0.05) is 6.42 Å². The number of aliphatic hydroxyl groups excluding tert-OH is 1. The number of halogens is 1. The van der Waals surface area contributed by atoms with Crippen LogP contribution in [-0.2, 0) is 14.3 Å². The lowest BCUT2D eigenvalue weighted by Crippen LogP contribution is -2.12. The standard InChI is InChI=1S/C20H35ClO4/c1-2-3-4-11-14-18(22)15-12-9-7-5-6-8-10-13-16-19(23)25-20(24)17-21/h9,12,18,22H,2-8,10-11,13-17H2,1H3/b12-9-/t18-/m1/s1. The van der Waals surface area contributed by atoms with Crippen LogP contribution in [0.25, 0.3) is 0 Å². The smallest absolute Gasteiger partial charge is 0.328 e. The first-order valence-electron chi connectivity index (χ1n) is 9.72. The molecular formula is C20H35ClO4. The summed E-state index contributed by atoms with van der Waals surface area (Å²) in [6.45, 7) is 2.19. The van der Waals surface area contributed by atoms with Crippen molar-refractivity contribution in [3.63, 3.8) is 0 Å². The third kappa shape index (κ3) is 17.7. The number of hydrogen-bond acceptors (Lipinski definition) is 4. The van der Waals surface area contributed by atoms with Gasteiger partial charge < -0.3 is 9.84 Å². The molecule has 1 N–H and O–H groups in total. The topological polar surface area (TPSA) is 63.6 Å².